The Bertz CT molecular complexity index is 199. The van der Waals surface area contributed by atoms with Gasteiger partial charge in [-0.2, -0.15) is 0 Å². The van der Waals surface area contributed by atoms with Crippen molar-refractivity contribution in [3.63, 3.8) is 0 Å². The third kappa shape index (κ3) is 2.98. The van der Waals surface area contributed by atoms with Gasteiger partial charge in [0.1, 0.15) is 0 Å². The quantitative estimate of drug-likeness (QED) is 0.707. The highest BCUT2D eigenvalue weighted by atomic mass is 19.3. The van der Waals surface area contributed by atoms with Gasteiger partial charge in [-0.1, -0.05) is 12.1 Å². The van der Waals surface area contributed by atoms with Gasteiger partial charge in [0, 0.05) is 5.69 Å². The third-order valence-electron chi connectivity index (χ3n) is 1.17. The van der Waals surface area contributed by atoms with Gasteiger partial charge < -0.3 is 5.32 Å². The molecule has 0 aromatic heterocycles. The Morgan fingerprint density at radius 1 is 1.55 bits per heavy atom. The molecule has 1 aromatic rings. The summed E-state index contributed by atoms with van der Waals surface area (Å²) in [7, 11) is 0. The van der Waals surface area contributed by atoms with Gasteiger partial charge in [-0.25, -0.2) is 8.78 Å². The van der Waals surface area contributed by atoms with E-state index in [2.05, 4.69) is 11.4 Å². The molecule has 0 aliphatic carbocycles. The minimum absolute atomic E-state index is 0.308. The van der Waals surface area contributed by atoms with E-state index in [0.29, 0.717) is 5.69 Å². The topological polar surface area (TPSA) is 12.0 Å². The van der Waals surface area contributed by atoms with E-state index < -0.39 is 6.43 Å². The average molecular weight is 156 g/mol. The van der Waals surface area contributed by atoms with Crippen molar-refractivity contribution in [2.75, 3.05) is 11.9 Å². The molecule has 0 saturated carbocycles. The smallest absolute Gasteiger partial charge is 0.255 e. The summed E-state index contributed by atoms with van der Waals surface area (Å²) in [6, 6.07) is 9.59. The SMILES string of the molecule is FC(F)CNc1c[c]ccc1. The minimum Gasteiger partial charge on any atom is -0.379 e. The Hall–Kier alpha value is -1.12. The molecule has 1 N–H and O–H groups in total. The van der Waals surface area contributed by atoms with Gasteiger partial charge in [0.15, 0.2) is 0 Å². The van der Waals surface area contributed by atoms with E-state index in [9.17, 15) is 8.78 Å². The van der Waals surface area contributed by atoms with Crippen LogP contribution in [-0.2, 0) is 0 Å². The van der Waals surface area contributed by atoms with Gasteiger partial charge in [-0.05, 0) is 18.2 Å². The van der Waals surface area contributed by atoms with Gasteiger partial charge >= 0.3 is 0 Å². The maximum atomic E-state index is 11.6. The molecule has 0 bridgehead atoms. The highest BCUT2D eigenvalue weighted by Crippen LogP contribution is 2.04. The molecule has 11 heavy (non-hydrogen) atoms. The van der Waals surface area contributed by atoms with Crippen LogP contribution in [0.25, 0.3) is 0 Å². The van der Waals surface area contributed by atoms with Crippen molar-refractivity contribution in [2.24, 2.45) is 0 Å². The van der Waals surface area contributed by atoms with Gasteiger partial charge in [0.05, 0.1) is 6.54 Å². The first kappa shape index (κ1) is 7.98. The molecule has 59 valence electrons. The largest absolute Gasteiger partial charge is 0.379 e. The minimum atomic E-state index is -2.31. The second-order valence-electron chi connectivity index (χ2n) is 2.06. The van der Waals surface area contributed by atoms with Crippen LogP contribution in [0.2, 0.25) is 0 Å². The molecule has 0 heterocycles. The van der Waals surface area contributed by atoms with Gasteiger partial charge in [0.25, 0.3) is 6.43 Å². The van der Waals surface area contributed by atoms with E-state index in [4.69, 9.17) is 0 Å². The molecule has 1 rings (SSSR count). The number of anilines is 1. The molecule has 0 amide bonds. The van der Waals surface area contributed by atoms with Crippen LogP contribution < -0.4 is 5.32 Å². The van der Waals surface area contributed by atoms with E-state index in [1.807, 2.05) is 0 Å². The first-order valence-corrected chi connectivity index (χ1v) is 3.27. The van der Waals surface area contributed by atoms with Crippen molar-refractivity contribution in [3.8, 4) is 0 Å². The highest BCUT2D eigenvalue weighted by Gasteiger charge is 1.99. The van der Waals surface area contributed by atoms with Crippen molar-refractivity contribution in [2.45, 2.75) is 6.43 Å². The summed E-state index contributed by atoms with van der Waals surface area (Å²) in [4.78, 5) is 0. The fraction of sp³-hybridized carbons (Fsp3) is 0.250. The van der Waals surface area contributed by atoms with Crippen LogP contribution in [0.3, 0.4) is 0 Å². The van der Waals surface area contributed by atoms with Crippen LogP contribution >= 0.6 is 0 Å². The lowest BCUT2D eigenvalue weighted by Crippen LogP contribution is -2.09. The average Bonchev–Trinajstić information content (AvgIpc) is 2.03. The molecule has 0 spiro atoms. The summed E-state index contributed by atoms with van der Waals surface area (Å²) < 4.78 is 23.3. The maximum absolute atomic E-state index is 11.6. The van der Waals surface area contributed by atoms with Crippen molar-refractivity contribution in [1.29, 1.82) is 0 Å². The number of halogens is 2. The molecule has 0 aliphatic heterocycles. The Morgan fingerprint density at radius 2 is 2.36 bits per heavy atom. The molecule has 0 fully saturated rings. The second kappa shape index (κ2) is 3.91. The number of benzene rings is 1. The van der Waals surface area contributed by atoms with Gasteiger partial charge in [0.2, 0.25) is 0 Å². The number of nitrogens with one attached hydrogen (secondary N) is 1. The summed E-state index contributed by atoms with van der Waals surface area (Å²) in [6.07, 6.45) is -2.31. The lowest BCUT2D eigenvalue weighted by atomic mass is 10.3. The summed E-state index contributed by atoms with van der Waals surface area (Å²) in [6.45, 7) is -0.308. The first-order chi connectivity index (χ1) is 5.29. The van der Waals surface area contributed by atoms with Crippen LogP contribution in [-0.4, -0.2) is 13.0 Å². The van der Waals surface area contributed by atoms with Crippen LogP contribution in [0.4, 0.5) is 14.5 Å². The van der Waals surface area contributed by atoms with Crippen molar-refractivity contribution >= 4 is 5.69 Å². The molecule has 0 saturated heterocycles. The zero-order valence-electron chi connectivity index (χ0n) is 5.85. The lowest BCUT2D eigenvalue weighted by Gasteiger charge is -2.03. The van der Waals surface area contributed by atoms with E-state index in [1.54, 1.807) is 24.3 Å². The van der Waals surface area contributed by atoms with Gasteiger partial charge in [-0.3, -0.25) is 0 Å². The van der Waals surface area contributed by atoms with E-state index in [0.717, 1.165) is 0 Å². The number of alkyl halides is 2. The normalized spacial score (nSPS) is 10.1. The molecule has 0 atom stereocenters. The summed E-state index contributed by atoms with van der Waals surface area (Å²) >= 11 is 0. The Labute approximate surface area is 64.0 Å². The highest BCUT2D eigenvalue weighted by molar-refractivity contribution is 5.41. The number of hydrogen-bond acceptors (Lipinski definition) is 1. The zero-order chi connectivity index (χ0) is 8.10. The standard InChI is InChI=1S/C8H8F2N/c9-8(10)6-11-7-4-2-1-3-5-7/h1-2,4-5,8,11H,6H2. The van der Waals surface area contributed by atoms with E-state index >= 15 is 0 Å². The molecule has 3 heteroatoms. The van der Waals surface area contributed by atoms with E-state index in [1.165, 1.54) is 0 Å². The second-order valence-corrected chi connectivity index (χ2v) is 2.06. The van der Waals surface area contributed by atoms with Crippen LogP contribution in [0, 0.1) is 6.07 Å². The number of rotatable bonds is 3. The van der Waals surface area contributed by atoms with Crippen molar-refractivity contribution < 1.29 is 8.78 Å². The van der Waals surface area contributed by atoms with Gasteiger partial charge in [-0.15, -0.1) is 0 Å². The Kier molecular flexibility index (Phi) is 2.83. The third-order valence-corrected chi connectivity index (χ3v) is 1.17. The van der Waals surface area contributed by atoms with Crippen molar-refractivity contribution in [3.05, 3.63) is 30.3 Å². The molecular weight excluding hydrogens is 148 g/mol. The summed E-state index contributed by atoms with van der Waals surface area (Å²) in [5, 5.41) is 2.56. The van der Waals surface area contributed by atoms with Crippen LogP contribution in [0.5, 0.6) is 0 Å². The predicted molar refractivity (Wildman–Crippen MR) is 39.8 cm³/mol. The monoisotopic (exact) mass is 156 g/mol. The van der Waals surface area contributed by atoms with E-state index in [-0.39, 0.29) is 6.54 Å². The summed E-state index contributed by atoms with van der Waals surface area (Å²) in [5.74, 6) is 0. The van der Waals surface area contributed by atoms with Crippen LogP contribution in [0.1, 0.15) is 0 Å². The predicted octanol–water partition coefficient (Wildman–Crippen LogP) is 2.16. The molecule has 1 radical (unpaired) electrons. The maximum Gasteiger partial charge on any atom is 0.255 e. The fourth-order valence-corrected chi connectivity index (χ4v) is 0.698. The molecule has 0 aliphatic rings. The Balaban J connectivity index is 2.39. The zero-order valence-corrected chi connectivity index (χ0v) is 5.85. The van der Waals surface area contributed by atoms with Crippen molar-refractivity contribution in [1.82, 2.24) is 0 Å². The van der Waals surface area contributed by atoms with Crippen LogP contribution in [0.15, 0.2) is 24.3 Å². The lowest BCUT2D eigenvalue weighted by molar-refractivity contribution is 0.163. The molecule has 1 aromatic carbocycles. The fourth-order valence-electron chi connectivity index (χ4n) is 0.698. The molecule has 1 nitrogen and oxygen atoms in total. The Morgan fingerprint density at radius 3 is 2.91 bits per heavy atom. The molecular formula is C8H8F2N. The molecule has 0 unspecified atom stereocenters. The number of hydrogen-bond donors (Lipinski definition) is 1. The first-order valence-electron chi connectivity index (χ1n) is 3.27. The summed E-state index contributed by atoms with van der Waals surface area (Å²) in [5.41, 5.74) is 0.674.